The highest BCUT2D eigenvalue weighted by molar-refractivity contribution is 8.09. The number of aromatic nitrogens is 2. The summed E-state index contributed by atoms with van der Waals surface area (Å²) in [6, 6.07) is 9.12. The first-order valence-electron chi connectivity index (χ1n) is 21.1. The summed E-state index contributed by atoms with van der Waals surface area (Å²) in [6.07, 6.45) is -4.26. The lowest BCUT2D eigenvalue weighted by molar-refractivity contribution is -0.277. The van der Waals surface area contributed by atoms with E-state index in [9.17, 15) is 38.5 Å². The van der Waals surface area contributed by atoms with Gasteiger partial charge in [0.05, 0.1) is 6.10 Å². The quantitative estimate of drug-likeness (QED) is 0.0348. The van der Waals surface area contributed by atoms with Crippen molar-refractivity contribution in [1.29, 1.82) is 0 Å². The first kappa shape index (κ1) is 53.8. The molecule has 0 aliphatic carbocycles. The molecule has 1 aromatic heterocycles. The number of hydrogen-bond acceptors (Lipinski definition) is 18. The number of carbonyl (C=O) groups is 5. The van der Waals surface area contributed by atoms with Crippen molar-refractivity contribution in [3.63, 3.8) is 0 Å². The van der Waals surface area contributed by atoms with Crippen molar-refractivity contribution in [3.8, 4) is 0 Å². The van der Waals surface area contributed by atoms with Crippen LogP contribution in [-0.2, 0) is 80.0 Å². The summed E-state index contributed by atoms with van der Waals surface area (Å²) < 4.78 is 51.6. The van der Waals surface area contributed by atoms with E-state index in [4.69, 9.17) is 66.4 Å². The number of nitrogens with one attached hydrogen (secondary N) is 4. The van der Waals surface area contributed by atoms with E-state index in [0.717, 1.165) is 19.4 Å². The molecule has 1 aromatic carbocycles. The van der Waals surface area contributed by atoms with Crippen molar-refractivity contribution >= 4 is 65.6 Å². The predicted molar refractivity (Wildman–Crippen MR) is 240 cm³/mol. The van der Waals surface area contributed by atoms with Crippen LogP contribution in [-0.4, -0.2) is 132 Å². The molecule has 3 heterocycles. The van der Waals surface area contributed by atoms with Crippen molar-refractivity contribution in [1.82, 2.24) is 25.5 Å². The van der Waals surface area contributed by atoms with Gasteiger partial charge in [0, 0.05) is 84.8 Å². The molecule has 1 amide bonds. The summed E-state index contributed by atoms with van der Waals surface area (Å²) >= 11 is 10.9. The van der Waals surface area contributed by atoms with Crippen LogP contribution >= 0.6 is 18.7 Å². The van der Waals surface area contributed by atoms with Gasteiger partial charge in [-0.05, 0) is 55.3 Å². The Hall–Kier alpha value is -4.81. The van der Waals surface area contributed by atoms with E-state index in [-0.39, 0.29) is 32.6 Å². The SMILES string of the molecule is COP(O)(=S)CC1[C@@H](COC(=O)OCc2ccccc2)O[C@@H](n2ccc(=O)[nH]c2=O)[C@H]1CCCNC(=S)NCCCCO[C@@H]1O[C@H](COC(C)=O)[C@H](OC(C)=O)[C@H](OC(C)=O)[C@H]1NC(C)=O. The van der Waals surface area contributed by atoms with Crippen molar-refractivity contribution in [3.05, 3.63) is 69.0 Å². The molecule has 25 heteroatoms. The molecule has 22 nitrogen and oxygen atoms in total. The van der Waals surface area contributed by atoms with Gasteiger partial charge in [0.2, 0.25) is 5.91 Å². The lowest BCUT2D eigenvalue weighted by atomic mass is 9.87. The number of rotatable bonds is 23. The lowest BCUT2D eigenvalue weighted by Crippen LogP contribution is -2.66. The van der Waals surface area contributed by atoms with Crippen LogP contribution in [0.2, 0.25) is 0 Å². The highest BCUT2D eigenvalue weighted by atomic mass is 32.5. The standard InChI is InChI=1S/C41H58N5O17PS2/c1-24(47)44-34-36(61-27(4)50)35(60-26(3)49)32(22-57-25(2)48)63-38(34)56-19-10-9-16-42-39(65)43-17-11-14-29-30(23-64(54,66)55-5)31(62-37(29)46-18-15-33(51)45-40(46)52)21-59-41(53)58-20-28-12-7-6-8-13-28/h6-8,12-13,15,18,29-32,34-38H,9-11,14,16-17,19-23H2,1-5H3,(H,44,47)(H,54,66)(H2,42,43,65)(H,45,51,52)/t29-,30?,31+,32+,34+,35-,36+,37+,38+,64?/m0/s1. The second-order valence-corrected chi connectivity index (χ2v) is 19.5. The van der Waals surface area contributed by atoms with Gasteiger partial charge in [-0.25, -0.2) is 9.59 Å². The fourth-order valence-electron chi connectivity index (χ4n) is 7.45. The average molecular weight is 988 g/mol. The first-order valence-corrected chi connectivity index (χ1v) is 24.4. The molecule has 0 radical (unpaired) electrons. The average Bonchev–Trinajstić information content (AvgIpc) is 3.58. The number of thiocarbonyl (C=S) groups is 1. The lowest BCUT2D eigenvalue weighted by Gasteiger charge is -2.44. The molecule has 0 spiro atoms. The maximum atomic E-state index is 13.0. The fourth-order valence-corrected chi connectivity index (χ4v) is 9.36. The largest absolute Gasteiger partial charge is 0.508 e. The van der Waals surface area contributed by atoms with Crippen LogP contribution in [0.25, 0.3) is 0 Å². The number of aromatic amines is 1. The van der Waals surface area contributed by atoms with Crippen LogP contribution in [0.5, 0.6) is 0 Å². The van der Waals surface area contributed by atoms with E-state index in [2.05, 4.69) is 20.9 Å². The minimum absolute atomic E-state index is 0.0208. The van der Waals surface area contributed by atoms with Crippen LogP contribution in [0, 0.1) is 11.8 Å². The minimum Gasteiger partial charge on any atom is -0.463 e. The topological polar surface area (TPSA) is 280 Å². The molecule has 366 valence electrons. The van der Waals surface area contributed by atoms with E-state index in [1.54, 1.807) is 24.3 Å². The monoisotopic (exact) mass is 987 g/mol. The van der Waals surface area contributed by atoms with E-state index in [1.807, 2.05) is 6.07 Å². The summed E-state index contributed by atoms with van der Waals surface area (Å²) in [5.41, 5.74) is -0.562. The summed E-state index contributed by atoms with van der Waals surface area (Å²) in [5, 5.41) is 9.27. The number of amides is 1. The Bertz CT molecular complexity index is 2130. The number of esters is 3. The third-order valence-electron chi connectivity index (χ3n) is 10.3. The summed E-state index contributed by atoms with van der Waals surface area (Å²) in [6.45, 7) is 1.66. The van der Waals surface area contributed by atoms with Crippen molar-refractivity contribution in [2.24, 2.45) is 11.8 Å². The van der Waals surface area contributed by atoms with Gasteiger partial charge in [-0.1, -0.05) is 30.3 Å². The number of nitrogens with zero attached hydrogens (tertiary/aromatic N) is 1. The van der Waals surface area contributed by atoms with Gasteiger partial charge >= 0.3 is 29.8 Å². The van der Waals surface area contributed by atoms with Crippen LogP contribution in [0.3, 0.4) is 0 Å². The van der Waals surface area contributed by atoms with Crippen LogP contribution in [0.4, 0.5) is 4.79 Å². The van der Waals surface area contributed by atoms with Gasteiger partial charge < -0.3 is 63.3 Å². The smallest absolute Gasteiger partial charge is 0.463 e. The molecule has 2 aromatic rings. The zero-order valence-corrected chi connectivity index (χ0v) is 39.7. The van der Waals surface area contributed by atoms with E-state index >= 15 is 0 Å². The Labute approximate surface area is 391 Å². The van der Waals surface area contributed by atoms with E-state index in [1.165, 1.54) is 37.8 Å². The Morgan fingerprint density at radius 1 is 0.833 bits per heavy atom. The van der Waals surface area contributed by atoms with E-state index < -0.39 is 103 Å². The second kappa shape index (κ2) is 26.5. The number of carbonyl (C=O) groups excluding carboxylic acids is 5. The highest BCUT2D eigenvalue weighted by Gasteiger charge is 2.51. The molecule has 2 saturated heterocycles. The molecule has 5 N–H and O–H groups in total. The van der Waals surface area contributed by atoms with Crippen LogP contribution < -0.4 is 27.2 Å². The number of H-pyrrole nitrogens is 1. The number of hydrogen-bond donors (Lipinski definition) is 5. The number of benzene rings is 1. The molecule has 2 fully saturated rings. The molecule has 0 bridgehead atoms. The molecule has 2 unspecified atom stereocenters. The van der Waals surface area contributed by atoms with Gasteiger partial charge in [-0.3, -0.25) is 33.5 Å². The van der Waals surface area contributed by atoms with Crippen LogP contribution in [0.1, 0.15) is 65.2 Å². The minimum atomic E-state index is -3.35. The maximum Gasteiger partial charge on any atom is 0.508 e. The highest BCUT2D eigenvalue weighted by Crippen LogP contribution is 2.51. The summed E-state index contributed by atoms with van der Waals surface area (Å²) in [5.74, 6) is -3.61. The molecule has 0 saturated carbocycles. The van der Waals surface area contributed by atoms with Crippen molar-refractivity contribution in [2.75, 3.05) is 46.2 Å². The van der Waals surface area contributed by atoms with E-state index in [0.29, 0.717) is 43.9 Å². The maximum absolute atomic E-state index is 13.0. The first-order chi connectivity index (χ1) is 31.4. The van der Waals surface area contributed by atoms with Gasteiger partial charge in [-0.15, -0.1) is 0 Å². The van der Waals surface area contributed by atoms with Gasteiger partial charge in [0.15, 0.2) is 30.1 Å². The van der Waals surface area contributed by atoms with Crippen LogP contribution in [0.15, 0.2) is 52.2 Å². The molecule has 4 rings (SSSR count). The zero-order valence-electron chi connectivity index (χ0n) is 37.2. The number of unbranched alkanes of at least 4 members (excludes halogenated alkanes) is 1. The molecule has 2 aliphatic rings. The third-order valence-corrected chi connectivity index (χ3v) is 13.0. The Kier molecular flexibility index (Phi) is 21.6. The van der Waals surface area contributed by atoms with Gasteiger partial charge in [0.1, 0.15) is 38.2 Å². The predicted octanol–water partition coefficient (Wildman–Crippen LogP) is 1.67. The molecular weight excluding hydrogens is 930 g/mol. The Morgan fingerprint density at radius 3 is 2.14 bits per heavy atom. The zero-order chi connectivity index (χ0) is 48.4. The van der Waals surface area contributed by atoms with Crippen molar-refractivity contribution < 1.29 is 71.3 Å². The third kappa shape index (κ3) is 17.4. The molecule has 2 aliphatic heterocycles. The van der Waals surface area contributed by atoms with Crippen molar-refractivity contribution in [2.45, 2.75) is 103 Å². The van der Waals surface area contributed by atoms with Gasteiger partial charge in [0.25, 0.3) is 5.56 Å². The molecule has 66 heavy (non-hydrogen) atoms. The number of ether oxygens (including phenoxy) is 8. The molecular formula is C41H58N5O17PS2. The van der Waals surface area contributed by atoms with Gasteiger partial charge in [-0.2, -0.15) is 0 Å². The summed E-state index contributed by atoms with van der Waals surface area (Å²) in [7, 11) is 1.30. The summed E-state index contributed by atoms with van der Waals surface area (Å²) in [4.78, 5) is 98.7. The normalized spacial score (nSPS) is 24.5. The fraction of sp³-hybridized carbons (Fsp3) is 0.610. The second-order valence-electron chi connectivity index (χ2n) is 15.4. The molecule has 10 atom stereocenters. The Balaban J connectivity index is 1.32. The Morgan fingerprint density at radius 2 is 1.50 bits per heavy atom.